The summed E-state index contributed by atoms with van der Waals surface area (Å²) in [5.41, 5.74) is 1.73. The minimum Gasteiger partial charge on any atom is -0.444 e. The van der Waals surface area contributed by atoms with Gasteiger partial charge in [0, 0.05) is 12.1 Å². The monoisotopic (exact) mass is 338 g/mol. The largest absolute Gasteiger partial charge is 0.444 e. The predicted molar refractivity (Wildman–Crippen MR) is 85.1 cm³/mol. The van der Waals surface area contributed by atoms with Gasteiger partial charge in [-0.2, -0.15) is 13.2 Å². The van der Waals surface area contributed by atoms with Crippen molar-refractivity contribution in [3.63, 3.8) is 0 Å². The van der Waals surface area contributed by atoms with Crippen molar-refractivity contribution >= 4 is 0 Å². The number of hydrogen-bond acceptors (Lipinski definition) is 3. The Hall–Kier alpha value is -1.82. The molecule has 0 amide bonds. The first kappa shape index (κ1) is 17.0. The summed E-state index contributed by atoms with van der Waals surface area (Å²) in [6, 6.07) is 9.65. The van der Waals surface area contributed by atoms with Crippen LogP contribution in [0.15, 0.2) is 41.0 Å². The molecule has 1 saturated carbocycles. The predicted octanol–water partition coefficient (Wildman–Crippen LogP) is 4.80. The van der Waals surface area contributed by atoms with Crippen molar-refractivity contribution in [2.75, 3.05) is 6.54 Å². The van der Waals surface area contributed by atoms with Crippen LogP contribution in [0.25, 0.3) is 11.5 Å². The molecule has 2 aromatic rings. The van der Waals surface area contributed by atoms with Crippen LogP contribution in [0.4, 0.5) is 13.2 Å². The van der Waals surface area contributed by atoms with Gasteiger partial charge in [-0.3, -0.25) is 0 Å². The highest BCUT2D eigenvalue weighted by atomic mass is 19.4. The lowest BCUT2D eigenvalue weighted by atomic mass is 9.81. The molecule has 1 fully saturated rings. The van der Waals surface area contributed by atoms with Crippen LogP contribution in [0.1, 0.15) is 31.4 Å². The van der Waals surface area contributed by atoms with Crippen molar-refractivity contribution in [2.24, 2.45) is 11.8 Å². The molecule has 0 saturated heterocycles. The summed E-state index contributed by atoms with van der Waals surface area (Å²) < 4.78 is 43.4. The summed E-state index contributed by atoms with van der Waals surface area (Å²) in [7, 11) is 0. The molecule has 0 unspecified atom stereocenters. The van der Waals surface area contributed by atoms with Gasteiger partial charge in [-0.25, -0.2) is 4.98 Å². The van der Waals surface area contributed by atoms with Gasteiger partial charge in [0.1, 0.15) is 6.26 Å². The molecule has 0 atom stereocenters. The smallest absolute Gasteiger partial charge is 0.391 e. The number of halogens is 3. The van der Waals surface area contributed by atoms with E-state index in [0.29, 0.717) is 31.2 Å². The highest BCUT2D eigenvalue weighted by Gasteiger charge is 2.41. The highest BCUT2D eigenvalue weighted by Crippen LogP contribution is 2.39. The third kappa shape index (κ3) is 4.38. The summed E-state index contributed by atoms with van der Waals surface area (Å²) in [5, 5.41) is 3.29. The van der Waals surface area contributed by atoms with E-state index in [4.69, 9.17) is 4.42 Å². The highest BCUT2D eigenvalue weighted by molar-refractivity contribution is 5.52. The minimum absolute atomic E-state index is 0.248. The number of aromatic nitrogens is 1. The van der Waals surface area contributed by atoms with Gasteiger partial charge < -0.3 is 9.73 Å². The van der Waals surface area contributed by atoms with Crippen LogP contribution >= 0.6 is 0 Å². The van der Waals surface area contributed by atoms with Gasteiger partial charge in [-0.1, -0.05) is 18.2 Å². The zero-order valence-corrected chi connectivity index (χ0v) is 13.4. The maximum absolute atomic E-state index is 12.6. The number of oxazole rings is 1. The van der Waals surface area contributed by atoms with Gasteiger partial charge in [-0.05, 0) is 50.3 Å². The summed E-state index contributed by atoms with van der Waals surface area (Å²) in [6.07, 6.45) is -0.657. The Morgan fingerprint density at radius 1 is 1.08 bits per heavy atom. The molecule has 1 N–H and O–H groups in total. The average molecular weight is 338 g/mol. The zero-order valence-electron chi connectivity index (χ0n) is 13.4. The first-order valence-electron chi connectivity index (χ1n) is 8.29. The summed E-state index contributed by atoms with van der Waals surface area (Å²) in [4.78, 5) is 4.43. The molecule has 0 bridgehead atoms. The van der Waals surface area contributed by atoms with E-state index in [1.165, 1.54) is 0 Å². The van der Waals surface area contributed by atoms with Crippen molar-refractivity contribution in [1.82, 2.24) is 10.3 Å². The minimum atomic E-state index is -4.03. The van der Waals surface area contributed by atoms with Crippen LogP contribution < -0.4 is 5.32 Å². The third-order valence-electron chi connectivity index (χ3n) is 4.62. The molecule has 130 valence electrons. The quantitative estimate of drug-likeness (QED) is 0.851. The lowest BCUT2D eigenvalue weighted by Gasteiger charge is -2.29. The second kappa shape index (κ2) is 7.38. The Morgan fingerprint density at radius 2 is 1.79 bits per heavy atom. The number of benzene rings is 1. The number of nitrogens with zero attached hydrogens (tertiary/aromatic N) is 1. The molecular formula is C18H21F3N2O. The molecule has 0 spiro atoms. The van der Waals surface area contributed by atoms with Crippen LogP contribution in [0, 0.1) is 11.8 Å². The van der Waals surface area contributed by atoms with Crippen LogP contribution in [0.3, 0.4) is 0 Å². The molecule has 0 radical (unpaired) electrons. The SMILES string of the molecule is FC(F)(F)C1CCC(CNCc2coc(-c3ccccc3)n2)CC1. The Kier molecular flexibility index (Phi) is 5.23. The molecule has 0 aliphatic heterocycles. The van der Waals surface area contributed by atoms with E-state index in [-0.39, 0.29) is 12.8 Å². The lowest BCUT2D eigenvalue weighted by Crippen LogP contribution is -2.31. The van der Waals surface area contributed by atoms with E-state index in [0.717, 1.165) is 17.8 Å². The normalized spacial score (nSPS) is 21.8. The maximum atomic E-state index is 12.6. The molecular weight excluding hydrogens is 317 g/mol. The average Bonchev–Trinajstić information content (AvgIpc) is 3.04. The van der Waals surface area contributed by atoms with Gasteiger partial charge in [0.2, 0.25) is 5.89 Å². The Morgan fingerprint density at radius 3 is 2.46 bits per heavy atom. The van der Waals surface area contributed by atoms with E-state index < -0.39 is 12.1 Å². The molecule has 1 aliphatic rings. The van der Waals surface area contributed by atoms with E-state index in [2.05, 4.69) is 10.3 Å². The number of nitrogens with one attached hydrogen (secondary N) is 1. The summed E-state index contributed by atoms with van der Waals surface area (Å²) >= 11 is 0. The van der Waals surface area contributed by atoms with Crippen molar-refractivity contribution in [1.29, 1.82) is 0 Å². The molecule has 6 heteroatoms. The number of hydrogen-bond donors (Lipinski definition) is 1. The van der Waals surface area contributed by atoms with Crippen LogP contribution in [0.2, 0.25) is 0 Å². The van der Waals surface area contributed by atoms with Gasteiger partial charge >= 0.3 is 6.18 Å². The lowest BCUT2D eigenvalue weighted by molar-refractivity contribution is -0.183. The molecule has 1 aromatic carbocycles. The standard InChI is InChI=1S/C18H21F3N2O/c19-18(20,21)15-8-6-13(7-9-15)10-22-11-16-12-24-17(23-16)14-4-2-1-3-5-14/h1-5,12-13,15,22H,6-11H2. The maximum Gasteiger partial charge on any atom is 0.391 e. The van der Waals surface area contributed by atoms with Gasteiger partial charge in [0.25, 0.3) is 0 Å². The second-order valence-electron chi connectivity index (χ2n) is 6.40. The number of alkyl halides is 3. The first-order chi connectivity index (χ1) is 11.5. The van der Waals surface area contributed by atoms with Crippen LogP contribution in [-0.2, 0) is 6.54 Å². The fourth-order valence-electron chi connectivity index (χ4n) is 3.20. The second-order valence-corrected chi connectivity index (χ2v) is 6.40. The Balaban J connectivity index is 1.42. The Labute approximate surface area is 139 Å². The third-order valence-corrected chi connectivity index (χ3v) is 4.62. The van der Waals surface area contributed by atoms with E-state index in [1.807, 2.05) is 30.3 Å². The van der Waals surface area contributed by atoms with Crippen LogP contribution in [-0.4, -0.2) is 17.7 Å². The van der Waals surface area contributed by atoms with Crippen molar-refractivity contribution in [2.45, 2.75) is 38.4 Å². The summed E-state index contributed by atoms with van der Waals surface area (Å²) in [5.74, 6) is -0.222. The molecule has 1 heterocycles. The fraction of sp³-hybridized carbons (Fsp3) is 0.500. The van der Waals surface area contributed by atoms with Crippen molar-refractivity contribution in [3.05, 3.63) is 42.3 Å². The van der Waals surface area contributed by atoms with E-state index in [1.54, 1.807) is 6.26 Å². The number of rotatable bonds is 5. The van der Waals surface area contributed by atoms with Crippen molar-refractivity contribution < 1.29 is 17.6 Å². The zero-order chi connectivity index (χ0) is 17.0. The summed E-state index contributed by atoms with van der Waals surface area (Å²) in [6.45, 7) is 1.29. The molecule has 1 aromatic heterocycles. The molecule has 3 rings (SSSR count). The topological polar surface area (TPSA) is 38.1 Å². The van der Waals surface area contributed by atoms with Gasteiger partial charge in [0.05, 0.1) is 11.6 Å². The fourth-order valence-corrected chi connectivity index (χ4v) is 3.20. The molecule has 3 nitrogen and oxygen atoms in total. The molecule has 1 aliphatic carbocycles. The van der Waals surface area contributed by atoms with Crippen molar-refractivity contribution in [3.8, 4) is 11.5 Å². The van der Waals surface area contributed by atoms with Crippen LogP contribution in [0.5, 0.6) is 0 Å². The first-order valence-corrected chi connectivity index (χ1v) is 8.29. The molecule has 24 heavy (non-hydrogen) atoms. The Bertz CT molecular complexity index is 631. The van der Waals surface area contributed by atoms with E-state index in [9.17, 15) is 13.2 Å². The van der Waals surface area contributed by atoms with Gasteiger partial charge in [-0.15, -0.1) is 0 Å². The van der Waals surface area contributed by atoms with Gasteiger partial charge in [0.15, 0.2) is 0 Å². The van der Waals surface area contributed by atoms with E-state index >= 15 is 0 Å².